The molecule has 1 heterocycles. The van der Waals surface area contributed by atoms with Gasteiger partial charge in [0, 0.05) is 30.8 Å². The van der Waals surface area contributed by atoms with Crippen LogP contribution >= 0.6 is 15.9 Å². The Morgan fingerprint density at radius 2 is 2.14 bits per heavy atom. The molecule has 1 unspecified atom stereocenters. The van der Waals surface area contributed by atoms with E-state index < -0.39 is 0 Å². The molecular weight excluding hydrogens is 246 g/mol. The number of hydrogen-bond acceptors (Lipinski definition) is 3. The summed E-state index contributed by atoms with van der Waals surface area (Å²) in [5.74, 6) is -0.0578. The summed E-state index contributed by atoms with van der Waals surface area (Å²) in [6.07, 6.45) is 4.45. The number of alkyl halides is 1. The number of hydrogen-bond donors (Lipinski definition) is 0. The average molecular weight is 258 g/mol. The fourth-order valence-corrected chi connectivity index (χ4v) is 1.35. The molecule has 0 N–H and O–H groups in total. The third-order valence-electron chi connectivity index (χ3n) is 2.01. The van der Waals surface area contributed by atoms with Crippen LogP contribution in [0.25, 0.3) is 0 Å². The van der Waals surface area contributed by atoms with Crippen molar-refractivity contribution in [1.82, 2.24) is 14.9 Å². The van der Waals surface area contributed by atoms with Gasteiger partial charge in [0.25, 0.3) is 5.91 Å². The predicted octanol–water partition coefficient (Wildman–Crippen LogP) is 1.33. The summed E-state index contributed by atoms with van der Waals surface area (Å²) in [6, 6.07) is 0.155. The minimum Gasteiger partial charge on any atom is -0.338 e. The number of amides is 1. The molecule has 0 saturated heterocycles. The highest BCUT2D eigenvalue weighted by molar-refractivity contribution is 9.09. The van der Waals surface area contributed by atoms with Crippen molar-refractivity contribution in [2.45, 2.75) is 13.0 Å². The molecule has 5 heteroatoms. The van der Waals surface area contributed by atoms with Crippen LogP contribution in [0.3, 0.4) is 0 Å². The van der Waals surface area contributed by atoms with Crippen molar-refractivity contribution in [2.75, 3.05) is 12.4 Å². The smallest absolute Gasteiger partial charge is 0.256 e. The Kier molecular flexibility index (Phi) is 4.00. The Morgan fingerprint density at radius 3 is 2.64 bits per heavy atom. The third kappa shape index (κ3) is 2.51. The zero-order valence-electron chi connectivity index (χ0n) is 8.14. The first kappa shape index (κ1) is 11.1. The molecule has 0 spiro atoms. The minimum absolute atomic E-state index is 0.0578. The summed E-state index contributed by atoms with van der Waals surface area (Å²) in [4.78, 5) is 21.0. The third-order valence-corrected chi connectivity index (χ3v) is 2.95. The fraction of sp³-hybridized carbons (Fsp3) is 0.444. The summed E-state index contributed by atoms with van der Waals surface area (Å²) in [6.45, 7) is 1.97. The molecule has 1 rings (SSSR count). The molecule has 14 heavy (non-hydrogen) atoms. The molecule has 0 aromatic carbocycles. The van der Waals surface area contributed by atoms with E-state index in [-0.39, 0.29) is 11.9 Å². The van der Waals surface area contributed by atoms with Gasteiger partial charge in [0.15, 0.2) is 0 Å². The van der Waals surface area contributed by atoms with Gasteiger partial charge in [-0.15, -0.1) is 0 Å². The van der Waals surface area contributed by atoms with Gasteiger partial charge < -0.3 is 4.90 Å². The van der Waals surface area contributed by atoms with E-state index in [1.807, 2.05) is 6.92 Å². The Hall–Kier alpha value is -0.970. The van der Waals surface area contributed by atoms with Crippen molar-refractivity contribution in [3.63, 3.8) is 0 Å². The lowest BCUT2D eigenvalue weighted by Crippen LogP contribution is -2.36. The first-order valence-corrected chi connectivity index (χ1v) is 5.37. The second kappa shape index (κ2) is 5.05. The fourth-order valence-electron chi connectivity index (χ4n) is 0.917. The highest BCUT2D eigenvalue weighted by atomic mass is 79.9. The van der Waals surface area contributed by atoms with Crippen LogP contribution in [0, 0.1) is 0 Å². The molecule has 0 aliphatic carbocycles. The molecule has 76 valence electrons. The lowest BCUT2D eigenvalue weighted by molar-refractivity contribution is 0.0757. The maximum absolute atomic E-state index is 11.8. The van der Waals surface area contributed by atoms with Gasteiger partial charge in [0.05, 0.1) is 5.56 Å². The molecule has 0 aliphatic heterocycles. The van der Waals surface area contributed by atoms with Gasteiger partial charge in [-0.05, 0) is 6.92 Å². The summed E-state index contributed by atoms with van der Waals surface area (Å²) in [5.41, 5.74) is 0.516. The standard InChI is InChI=1S/C9H12BrN3O/c1-7(3-10)13(2)9(14)8-4-11-6-12-5-8/h4-7H,3H2,1-2H3. The Labute approximate surface area is 91.5 Å². The molecule has 1 atom stereocenters. The molecule has 1 aromatic rings. The van der Waals surface area contributed by atoms with Crippen molar-refractivity contribution < 1.29 is 4.79 Å². The number of nitrogens with zero attached hydrogens (tertiary/aromatic N) is 3. The number of rotatable bonds is 3. The van der Waals surface area contributed by atoms with Gasteiger partial charge in [-0.1, -0.05) is 15.9 Å². The highest BCUT2D eigenvalue weighted by Gasteiger charge is 2.16. The second-order valence-electron chi connectivity index (χ2n) is 3.05. The van der Waals surface area contributed by atoms with E-state index in [0.29, 0.717) is 5.56 Å². The summed E-state index contributed by atoms with van der Waals surface area (Å²) >= 11 is 3.33. The van der Waals surface area contributed by atoms with Crippen LogP contribution in [0.15, 0.2) is 18.7 Å². The van der Waals surface area contributed by atoms with Crippen molar-refractivity contribution >= 4 is 21.8 Å². The molecule has 0 fully saturated rings. The van der Waals surface area contributed by atoms with Crippen molar-refractivity contribution in [1.29, 1.82) is 0 Å². The van der Waals surface area contributed by atoms with Gasteiger partial charge in [-0.3, -0.25) is 4.79 Å². The predicted molar refractivity (Wildman–Crippen MR) is 57.4 cm³/mol. The van der Waals surface area contributed by atoms with Crippen molar-refractivity contribution in [3.8, 4) is 0 Å². The number of carbonyl (C=O) groups is 1. The van der Waals surface area contributed by atoms with Gasteiger partial charge in [0.1, 0.15) is 6.33 Å². The molecule has 0 aliphatic rings. The monoisotopic (exact) mass is 257 g/mol. The largest absolute Gasteiger partial charge is 0.338 e. The summed E-state index contributed by atoms with van der Waals surface area (Å²) < 4.78 is 0. The first-order valence-electron chi connectivity index (χ1n) is 4.25. The average Bonchev–Trinajstić information content (AvgIpc) is 2.27. The highest BCUT2D eigenvalue weighted by Crippen LogP contribution is 2.05. The van der Waals surface area contributed by atoms with Crippen LogP contribution in [0.2, 0.25) is 0 Å². The van der Waals surface area contributed by atoms with Crippen molar-refractivity contribution in [2.24, 2.45) is 0 Å². The second-order valence-corrected chi connectivity index (χ2v) is 3.69. The van der Waals surface area contributed by atoms with Gasteiger partial charge in [-0.25, -0.2) is 9.97 Å². The van der Waals surface area contributed by atoms with Crippen LogP contribution in [0.1, 0.15) is 17.3 Å². The van der Waals surface area contributed by atoms with Gasteiger partial charge in [0.2, 0.25) is 0 Å². The SMILES string of the molecule is CC(CBr)N(C)C(=O)c1cncnc1. The number of carbonyl (C=O) groups excluding carboxylic acids is 1. The molecule has 1 aromatic heterocycles. The van der Waals surface area contributed by atoms with E-state index in [2.05, 4.69) is 25.9 Å². The maximum atomic E-state index is 11.8. The van der Waals surface area contributed by atoms with E-state index in [1.54, 1.807) is 11.9 Å². The zero-order valence-corrected chi connectivity index (χ0v) is 9.73. The Balaban J connectivity index is 2.76. The van der Waals surface area contributed by atoms with Crippen LogP contribution < -0.4 is 0 Å². The first-order chi connectivity index (χ1) is 6.66. The maximum Gasteiger partial charge on any atom is 0.256 e. The van der Waals surface area contributed by atoms with E-state index in [0.717, 1.165) is 5.33 Å². The molecule has 0 radical (unpaired) electrons. The molecule has 4 nitrogen and oxygen atoms in total. The Morgan fingerprint density at radius 1 is 1.57 bits per heavy atom. The Bertz CT molecular complexity index is 304. The number of aromatic nitrogens is 2. The topological polar surface area (TPSA) is 46.1 Å². The van der Waals surface area contributed by atoms with Crippen molar-refractivity contribution in [3.05, 3.63) is 24.3 Å². The lowest BCUT2D eigenvalue weighted by Gasteiger charge is -2.22. The molecular formula is C9H12BrN3O. The van der Waals surface area contributed by atoms with Crippen LogP contribution in [0.5, 0.6) is 0 Å². The molecule has 1 amide bonds. The van der Waals surface area contributed by atoms with E-state index in [1.165, 1.54) is 18.7 Å². The lowest BCUT2D eigenvalue weighted by atomic mass is 10.2. The quantitative estimate of drug-likeness (QED) is 0.768. The normalized spacial score (nSPS) is 12.2. The number of halogens is 1. The summed E-state index contributed by atoms with van der Waals surface area (Å²) in [5, 5.41) is 0.753. The molecule has 0 saturated carbocycles. The van der Waals surface area contributed by atoms with Crippen LogP contribution in [0.4, 0.5) is 0 Å². The summed E-state index contributed by atoms with van der Waals surface area (Å²) in [7, 11) is 1.77. The zero-order chi connectivity index (χ0) is 10.6. The van der Waals surface area contributed by atoms with E-state index in [9.17, 15) is 4.79 Å². The van der Waals surface area contributed by atoms with E-state index in [4.69, 9.17) is 0 Å². The van der Waals surface area contributed by atoms with Crippen LogP contribution in [-0.2, 0) is 0 Å². The van der Waals surface area contributed by atoms with E-state index >= 15 is 0 Å². The molecule has 0 bridgehead atoms. The minimum atomic E-state index is -0.0578. The van der Waals surface area contributed by atoms with Gasteiger partial charge >= 0.3 is 0 Å². The van der Waals surface area contributed by atoms with Gasteiger partial charge in [-0.2, -0.15) is 0 Å². The van der Waals surface area contributed by atoms with Crippen LogP contribution in [-0.4, -0.2) is 39.2 Å².